The molecule has 4 aromatic rings. The molecule has 0 unspecified atom stereocenters. The number of hydrogen-bond acceptors (Lipinski definition) is 4. The first kappa shape index (κ1) is 25.4. The maximum absolute atomic E-state index is 4.76. The zero-order chi connectivity index (χ0) is 26.0. The molecule has 0 radical (unpaired) electrons. The molecule has 0 aliphatic rings. The Morgan fingerprint density at radius 2 is 0.861 bits per heavy atom. The van der Waals surface area contributed by atoms with Crippen LogP contribution in [0.1, 0.15) is 33.4 Å². The molecular formula is C32H38N4. The summed E-state index contributed by atoms with van der Waals surface area (Å²) in [6.45, 7) is 14.8. The van der Waals surface area contributed by atoms with E-state index in [2.05, 4.69) is 114 Å². The highest BCUT2D eigenvalue weighted by Crippen LogP contribution is 2.26. The Balaban J connectivity index is 1.38. The minimum Gasteiger partial charge on any atom is -0.372 e. The number of aryl methyl sites for hydroxylation is 4. The number of aromatic nitrogens is 2. The maximum Gasteiger partial charge on any atom is 0.0703 e. The second-order valence-corrected chi connectivity index (χ2v) is 10.1. The largest absolute Gasteiger partial charge is 0.372 e. The first-order valence-corrected chi connectivity index (χ1v) is 12.6. The Labute approximate surface area is 216 Å². The molecule has 0 fully saturated rings. The lowest BCUT2D eigenvalue weighted by atomic mass is 9.99. The zero-order valence-corrected chi connectivity index (χ0v) is 23.0. The molecule has 36 heavy (non-hydrogen) atoms. The van der Waals surface area contributed by atoms with E-state index in [1.54, 1.807) is 0 Å². The highest BCUT2D eigenvalue weighted by Gasteiger charge is 2.10. The fourth-order valence-electron chi connectivity index (χ4n) is 4.49. The molecule has 186 valence electrons. The van der Waals surface area contributed by atoms with Gasteiger partial charge in [0, 0.05) is 38.3 Å². The van der Waals surface area contributed by atoms with Gasteiger partial charge in [-0.15, -0.1) is 0 Å². The summed E-state index contributed by atoms with van der Waals surface area (Å²) < 4.78 is 0. The summed E-state index contributed by atoms with van der Waals surface area (Å²) in [5.74, 6) is 0. The van der Waals surface area contributed by atoms with Gasteiger partial charge < -0.3 is 9.80 Å². The van der Waals surface area contributed by atoms with Crippen LogP contribution >= 0.6 is 0 Å². The Bertz CT molecular complexity index is 1200. The van der Waals surface area contributed by atoms with E-state index in [1.807, 2.05) is 12.4 Å². The SMILES string of the molecule is Cc1cc(-c2ccc(N(C)CCN(C)c3ccc(-c4cc(C)c(C)c(C)c4)nc3)cn2)cc(C)c1C. The first-order valence-electron chi connectivity index (χ1n) is 12.6. The van der Waals surface area contributed by atoms with Crippen LogP contribution in [-0.4, -0.2) is 37.2 Å². The van der Waals surface area contributed by atoms with Crippen LogP contribution in [0.4, 0.5) is 11.4 Å². The van der Waals surface area contributed by atoms with Crippen molar-refractivity contribution < 1.29 is 0 Å². The van der Waals surface area contributed by atoms with Gasteiger partial charge in [-0.1, -0.05) is 0 Å². The van der Waals surface area contributed by atoms with Gasteiger partial charge in [0.1, 0.15) is 0 Å². The molecule has 2 aromatic heterocycles. The molecule has 0 saturated heterocycles. The number of benzene rings is 2. The van der Waals surface area contributed by atoms with E-state index in [1.165, 1.54) is 44.5 Å². The predicted molar refractivity (Wildman–Crippen MR) is 154 cm³/mol. The van der Waals surface area contributed by atoms with E-state index in [9.17, 15) is 0 Å². The van der Waals surface area contributed by atoms with E-state index >= 15 is 0 Å². The summed E-state index contributed by atoms with van der Waals surface area (Å²) in [5.41, 5.74) is 14.6. The molecule has 0 saturated carbocycles. The van der Waals surface area contributed by atoms with Crippen molar-refractivity contribution in [1.82, 2.24) is 9.97 Å². The second kappa shape index (κ2) is 10.5. The number of hydrogen-bond donors (Lipinski definition) is 0. The van der Waals surface area contributed by atoms with E-state index < -0.39 is 0 Å². The van der Waals surface area contributed by atoms with E-state index in [0.29, 0.717) is 0 Å². The molecule has 0 aliphatic heterocycles. The minimum atomic E-state index is 0.887. The molecule has 2 heterocycles. The standard InChI is InChI=1S/C32H38N4/c1-21-15-27(16-22(2)25(21)5)31-11-9-29(19-33-31)35(7)13-14-36(8)30-10-12-32(34-20-30)28-17-23(3)26(6)24(4)18-28/h9-12,15-20H,13-14H2,1-8H3. The Kier molecular flexibility index (Phi) is 7.44. The van der Waals surface area contributed by atoms with Gasteiger partial charge in [0.05, 0.1) is 35.2 Å². The smallest absolute Gasteiger partial charge is 0.0703 e. The summed E-state index contributed by atoms with van der Waals surface area (Å²) in [6, 6.07) is 17.5. The predicted octanol–water partition coefficient (Wildman–Crippen LogP) is 7.23. The third-order valence-electron chi connectivity index (χ3n) is 7.59. The summed E-state index contributed by atoms with van der Waals surface area (Å²) in [7, 11) is 4.24. The summed E-state index contributed by atoms with van der Waals surface area (Å²) in [4.78, 5) is 14.0. The monoisotopic (exact) mass is 478 g/mol. The van der Waals surface area contributed by atoms with Gasteiger partial charge in [0.2, 0.25) is 0 Å². The first-order chi connectivity index (χ1) is 17.1. The van der Waals surface area contributed by atoms with Gasteiger partial charge in [0.25, 0.3) is 0 Å². The fourth-order valence-corrected chi connectivity index (χ4v) is 4.49. The third-order valence-corrected chi connectivity index (χ3v) is 7.59. The van der Waals surface area contributed by atoms with Crippen LogP contribution in [0.5, 0.6) is 0 Å². The van der Waals surface area contributed by atoms with Gasteiger partial charge >= 0.3 is 0 Å². The Morgan fingerprint density at radius 1 is 0.528 bits per heavy atom. The molecule has 0 bridgehead atoms. The van der Waals surface area contributed by atoms with Gasteiger partial charge in [-0.3, -0.25) is 9.97 Å². The fraction of sp³-hybridized carbons (Fsp3) is 0.312. The molecule has 2 aromatic carbocycles. The van der Waals surface area contributed by atoms with E-state index in [0.717, 1.165) is 35.9 Å². The molecular weight excluding hydrogens is 440 g/mol. The summed E-state index contributed by atoms with van der Waals surface area (Å²) in [5, 5.41) is 0. The number of rotatable bonds is 7. The highest BCUT2D eigenvalue weighted by atomic mass is 15.2. The molecule has 4 heteroatoms. The normalized spacial score (nSPS) is 11.0. The Morgan fingerprint density at radius 3 is 1.14 bits per heavy atom. The zero-order valence-electron chi connectivity index (χ0n) is 23.0. The van der Waals surface area contributed by atoms with Crippen molar-refractivity contribution in [3.05, 3.63) is 94.3 Å². The van der Waals surface area contributed by atoms with Crippen LogP contribution in [0.2, 0.25) is 0 Å². The van der Waals surface area contributed by atoms with Gasteiger partial charge in [-0.2, -0.15) is 0 Å². The van der Waals surface area contributed by atoms with Crippen molar-refractivity contribution in [3.8, 4) is 22.5 Å². The number of likely N-dealkylation sites (N-methyl/N-ethyl adjacent to an activating group) is 2. The van der Waals surface area contributed by atoms with Gasteiger partial charge in [-0.05, 0) is 123 Å². The van der Waals surface area contributed by atoms with Crippen LogP contribution in [0, 0.1) is 41.5 Å². The van der Waals surface area contributed by atoms with Crippen molar-refractivity contribution in [2.75, 3.05) is 37.0 Å². The molecule has 0 aliphatic carbocycles. The van der Waals surface area contributed by atoms with Gasteiger partial charge in [0.15, 0.2) is 0 Å². The summed E-state index contributed by atoms with van der Waals surface area (Å²) in [6.07, 6.45) is 3.95. The lowest BCUT2D eigenvalue weighted by Crippen LogP contribution is -2.30. The minimum absolute atomic E-state index is 0.887. The van der Waals surface area contributed by atoms with Crippen molar-refractivity contribution in [2.45, 2.75) is 41.5 Å². The molecule has 4 rings (SSSR count). The van der Waals surface area contributed by atoms with E-state index in [4.69, 9.17) is 9.97 Å². The molecule has 0 N–H and O–H groups in total. The van der Waals surface area contributed by atoms with Gasteiger partial charge in [-0.25, -0.2) is 0 Å². The highest BCUT2D eigenvalue weighted by molar-refractivity contribution is 5.65. The van der Waals surface area contributed by atoms with Crippen molar-refractivity contribution in [1.29, 1.82) is 0 Å². The summed E-state index contributed by atoms with van der Waals surface area (Å²) >= 11 is 0. The van der Waals surface area contributed by atoms with Crippen molar-refractivity contribution >= 4 is 11.4 Å². The lowest BCUT2D eigenvalue weighted by Gasteiger charge is -2.25. The molecule has 0 spiro atoms. The molecule has 0 atom stereocenters. The average molecular weight is 479 g/mol. The molecule has 0 amide bonds. The number of anilines is 2. The number of pyridine rings is 2. The van der Waals surface area contributed by atoms with Crippen molar-refractivity contribution in [2.24, 2.45) is 0 Å². The van der Waals surface area contributed by atoms with Crippen LogP contribution in [0.25, 0.3) is 22.5 Å². The topological polar surface area (TPSA) is 32.3 Å². The van der Waals surface area contributed by atoms with E-state index in [-0.39, 0.29) is 0 Å². The van der Waals surface area contributed by atoms with Crippen molar-refractivity contribution in [3.63, 3.8) is 0 Å². The van der Waals surface area contributed by atoms with Crippen LogP contribution in [0.3, 0.4) is 0 Å². The molecule has 4 nitrogen and oxygen atoms in total. The van der Waals surface area contributed by atoms with Crippen LogP contribution < -0.4 is 9.80 Å². The maximum atomic E-state index is 4.76. The van der Waals surface area contributed by atoms with Crippen LogP contribution in [-0.2, 0) is 0 Å². The Hall–Kier alpha value is -3.66. The quantitative estimate of drug-likeness (QED) is 0.280. The third kappa shape index (κ3) is 5.43. The number of nitrogens with zero attached hydrogens (tertiary/aromatic N) is 4. The lowest BCUT2D eigenvalue weighted by molar-refractivity contribution is 0.829. The second-order valence-electron chi connectivity index (χ2n) is 10.1. The van der Waals surface area contributed by atoms with Crippen LogP contribution in [0.15, 0.2) is 60.9 Å². The average Bonchev–Trinajstić information content (AvgIpc) is 2.88.